The Bertz CT molecular complexity index is 1170. The molecule has 2 unspecified atom stereocenters. The van der Waals surface area contributed by atoms with Crippen molar-refractivity contribution >= 4 is 0 Å². The molecule has 3 aromatic carbocycles. The van der Waals surface area contributed by atoms with Gasteiger partial charge in [-0.15, -0.1) is 0 Å². The lowest BCUT2D eigenvalue weighted by Crippen LogP contribution is -2.25. The van der Waals surface area contributed by atoms with Crippen LogP contribution in [0.15, 0.2) is 66.7 Å². The van der Waals surface area contributed by atoms with Crippen molar-refractivity contribution in [2.45, 2.75) is 70.8 Å². The van der Waals surface area contributed by atoms with Gasteiger partial charge < -0.3 is 4.74 Å². The standard InChI is InChI=1S/C32H35F3O/c1-3-5-7-9-27-17-14-26(21-36-27)28-18-16-25(20-30(28)33)22-10-12-23(13-11-22)29-19-15-24(8-6-4-2)31(34)32(29)35/h3,5,10-13,15-16,18-20,26-27H,4,6-9,14,17,21H2,1-2H3/b5-3+. The zero-order valence-electron chi connectivity index (χ0n) is 21.2. The van der Waals surface area contributed by atoms with Crippen molar-refractivity contribution in [2.24, 2.45) is 0 Å². The third kappa shape index (κ3) is 6.10. The van der Waals surface area contributed by atoms with Crippen molar-refractivity contribution in [3.8, 4) is 22.3 Å². The molecule has 4 heteroatoms. The fraction of sp³-hybridized carbons (Fsp3) is 0.375. The van der Waals surface area contributed by atoms with Gasteiger partial charge in [0, 0.05) is 11.5 Å². The summed E-state index contributed by atoms with van der Waals surface area (Å²) in [6.07, 6.45) is 10.6. The Morgan fingerprint density at radius 1 is 0.889 bits per heavy atom. The molecule has 1 saturated heterocycles. The van der Waals surface area contributed by atoms with Crippen molar-refractivity contribution in [3.05, 3.63) is 95.3 Å². The summed E-state index contributed by atoms with van der Waals surface area (Å²) in [6.45, 7) is 4.59. The van der Waals surface area contributed by atoms with E-state index < -0.39 is 11.6 Å². The van der Waals surface area contributed by atoms with Crippen LogP contribution in [0.3, 0.4) is 0 Å². The second-order valence-corrected chi connectivity index (χ2v) is 9.69. The minimum atomic E-state index is -0.814. The smallest absolute Gasteiger partial charge is 0.166 e. The van der Waals surface area contributed by atoms with Crippen LogP contribution >= 0.6 is 0 Å². The summed E-state index contributed by atoms with van der Waals surface area (Å²) in [7, 11) is 0. The maximum Gasteiger partial charge on any atom is 0.166 e. The lowest BCUT2D eigenvalue weighted by molar-refractivity contribution is -0.000797. The van der Waals surface area contributed by atoms with Crippen LogP contribution in [-0.4, -0.2) is 12.7 Å². The Morgan fingerprint density at radius 2 is 1.64 bits per heavy atom. The van der Waals surface area contributed by atoms with Crippen LogP contribution in [0, 0.1) is 17.5 Å². The summed E-state index contributed by atoms with van der Waals surface area (Å²) in [5.74, 6) is -1.74. The summed E-state index contributed by atoms with van der Waals surface area (Å²) in [5.41, 5.74) is 3.53. The van der Waals surface area contributed by atoms with Gasteiger partial charge in [0.05, 0.1) is 12.7 Å². The molecule has 0 amide bonds. The molecule has 1 heterocycles. The molecule has 1 nitrogen and oxygen atoms in total. The Kier molecular flexibility index (Phi) is 9.03. The predicted molar refractivity (Wildman–Crippen MR) is 142 cm³/mol. The van der Waals surface area contributed by atoms with Crippen molar-refractivity contribution < 1.29 is 17.9 Å². The van der Waals surface area contributed by atoms with E-state index in [0.29, 0.717) is 29.7 Å². The number of benzene rings is 3. The van der Waals surface area contributed by atoms with Crippen LogP contribution in [0.5, 0.6) is 0 Å². The lowest BCUT2D eigenvalue weighted by Gasteiger charge is -2.29. The normalized spacial score (nSPS) is 18.1. The first kappa shape index (κ1) is 26.2. The summed E-state index contributed by atoms with van der Waals surface area (Å²) >= 11 is 0. The van der Waals surface area contributed by atoms with E-state index >= 15 is 4.39 Å². The van der Waals surface area contributed by atoms with E-state index in [1.807, 2.05) is 38.1 Å². The Balaban J connectivity index is 1.44. The van der Waals surface area contributed by atoms with Crippen molar-refractivity contribution in [3.63, 3.8) is 0 Å². The minimum Gasteiger partial charge on any atom is -0.378 e. The van der Waals surface area contributed by atoms with Gasteiger partial charge in [0.2, 0.25) is 0 Å². The van der Waals surface area contributed by atoms with Crippen LogP contribution in [0.25, 0.3) is 22.3 Å². The largest absolute Gasteiger partial charge is 0.378 e. The minimum absolute atomic E-state index is 0.0672. The van der Waals surface area contributed by atoms with Gasteiger partial charge in [-0.05, 0) is 79.3 Å². The maximum atomic E-state index is 15.1. The van der Waals surface area contributed by atoms with E-state index in [2.05, 4.69) is 12.2 Å². The topological polar surface area (TPSA) is 9.23 Å². The molecule has 0 saturated carbocycles. The van der Waals surface area contributed by atoms with Gasteiger partial charge in [0.1, 0.15) is 5.82 Å². The molecular formula is C32H35F3O. The number of unbranched alkanes of at least 4 members (excludes halogenated alkanes) is 1. The fourth-order valence-corrected chi connectivity index (χ4v) is 4.98. The van der Waals surface area contributed by atoms with Gasteiger partial charge in [-0.1, -0.05) is 74.0 Å². The molecule has 36 heavy (non-hydrogen) atoms. The second-order valence-electron chi connectivity index (χ2n) is 9.69. The second kappa shape index (κ2) is 12.4. The van der Waals surface area contributed by atoms with Crippen molar-refractivity contribution in [1.82, 2.24) is 0 Å². The summed E-state index contributed by atoms with van der Waals surface area (Å²) < 4.78 is 50.3. The van der Waals surface area contributed by atoms with Gasteiger partial charge in [-0.25, -0.2) is 13.2 Å². The van der Waals surface area contributed by atoms with E-state index in [0.717, 1.165) is 49.7 Å². The van der Waals surface area contributed by atoms with E-state index in [-0.39, 0.29) is 23.4 Å². The van der Waals surface area contributed by atoms with Gasteiger partial charge in [-0.2, -0.15) is 0 Å². The molecule has 3 aromatic rings. The fourth-order valence-electron chi connectivity index (χ4n) is 4.98. The van der Waals surface area contributed by atoms with Gasteiger partial charge in [0.25, 0.3) is 0 Å². The predicted octanol–water partition coefficient (Wildman–Crippen LogP) is 9.40. The molecule has 0 bridgehead atoms. The van der Waals surface area contributed by atoms with Crippen LogP contribution in [0.2, 0.25) is 0 Å². The summed E-state index contributed by atoms with van der Waals surface area (Å²) in [4.78, 5) is 0. The van der Waals surface area contributed by atoms with E-state index in [1.165, 1.54) is 0 Å². The van der Waals surface area contributed by atoms with Crippen LogP contribution in [0.1, 0.15) is 69.4 Å². The molecule has 0 radical (unpaired) electrons. The molecule has 0 aliphatic carbocycles. The molecule has 4 rings (SSSR count). The van der Waals surface area contributed by atoms with Gasteiger partial charge >= 0.3 is 0 Å². The number of hydrogen-bond donors (Lipinski definition) is 0. The summed E-state index contributed by atoms with van der Waals surface area (Å²) in [6, 6.07) is 15.8. The molecule has 1 fully saturated rings. The van der Waals surface area contributed by atoms with Crippen LogP contribution in [0.4, 0.5) is 13.2 Å². The Morgan fingerprint density at radius 3 is 2.31 bits per heavy atom. The van der Waals surface area contributed by atoms with E-state index in [9.17, 15) is 8.78 Å². The molecule has 0 N–H and O–H groups in total. The highest BCUT2D eigenvalue weighted by atomic mass is 19.2. The van der Waals surface area contributed by atoms with Crippen molar-refractivity contribution in [1.29, 1.82) is 0 Å². The number of hydrogen-bond acceptors (Lipinski definition) is 1. The van der Waals surface area contributed by atoms with E-state index in [1.54, 1.807) is 30.3 Å². The molecule has 1 aliphatic heterocycles. The molecule has 1 aliphatic rings. The lowest BCUT2D eigenvalue weighted by atomic mass is 9.88. The Hall–Kier alpha value is -2.85. The number of halogens is 3. The number of allylic oxidation sites excluding steroid dienone is 2. The first-order chi connectivity index (χ1) is 17.5. The van der Waals surface area contributed by atoms with Crippen molar-refractivity contribution in [2.75, 3.05) is 6.61 Å². The average Bonchev–Trinajstić information content (AvgIpc) is 2.90. The zero-order valence-corrected chi connectivity index (χ0v) is 21.2. The van der Waals surface area contributed by atoms with Gasteiger partial charge in [0.15, 0.2) is 11.6 Å². The first-order valence-electron chi connectivity index (χ1n) is 13.1. The molecule has 0 aromatic heterocycles. The number of ether oxygens (including phenoxy) is 1. The number of aryl methyl sites for hydroxylation is 1. The maximum absolute atomic E-state index is 15.1. The third-order valence-corrected chi connectivity index (χ3v) is 7.19. The zero-order chi connectivity index (χ0) is 25.5. The van der Waals surface area contributed by atoms with Crippen LogP contribution < -0.4 is 0 Å². The highest BCUT2D eigenvalue weighted by molar-refractivity contribution is 5.71. The first-order valence-corrected chi connectivity index (χ1v) is 13.1. The molecule has 0 spiro atoms. The molecule has 190 valence electrons. The van der Waals surface area contributed by atoms with E-state index in [4.69, 9.17) is 4.74 Å². The third-order valence-electron chi connectivity index (χ3n) is 7.19. The monoisotopic (exact) mass is 492 g/mol. The molecule has 2 atom stereocenters. The average molecular weight is 493 g/mol. The highest BCUT2D eigenvalue weighted by Crippen LogP contribution is 2.34. The SMILES string of the molecule is C/C=C/CCC1CCC(c2ccc(-c3ccc(-c4ccc(CCCC)c(F)c4F)cc3)cc2F)CO1. The van der Waals surface area contributed by atoms with Gasteiger partial charge in [-0.3, -0.25) is 0 Å². The molecular weight excluding hydrogens is 457 g/mol. The van der Waals surface area contributed by atoms with Crippen LogP contribution in [-0.2, 0) is 11.2 Å². The highest BCUT2D eigenvalue weighted by Gasteiger charge is 2.25. The quantitative estimate of drug-likeness (QED) is 0.270. The number of rotatable bonds is 9. The summed E-state index contributed by atoms with van der Waals surface area (Å²) in [5, 5.41) is 0. The Labute approximate surface area is 213 Å².